The van der Waals surface area contributed by atoms with Gasteiger partial charge in [-0.3, -0.25) is 4.79 Å². The summed E-state index contributed by atoms with van der Waals surface area (Å²) < 4.78 is 37.2. The summed E-state index contributed by atoms with van der Waals surface area (Å²) in [4.78, 5) is 11.9. The van der Waals surface area contributed by atoms with Gasteiger partial charge in [0.05, 0.1) is 5.56 Å². The van der Waals surface area contributed by atoms with Crippen molar-refractivity contribution in [3.05, 3.63) is 35.4 Å². The second-order valence-corrected chi connectivity index (χ2v) is 4.57. The summed E-state index contributed by atoms with van der Waals surface area (Å²) in [5, 5.41) is 6.01. The lowest BCUT2D eigenvalue weighted by Crippen LogP contribution is -2.42. The molecule has 0 saturated carbocycles. The van der Waals surface area contributed by atoms with Crippen LogP contribution in [-0.4, -0.2) is 25.0 Å². The molecule has 0 spiro atoms. The molecule has 1 heterocycles. The number of nitrogens with one attached hydrogen (secondary N) is 2. The summed E-state index contributed by atoms with van der Waals surface area (Å²) in [6.45, 7) is 1.69. The van der Waals surface area contributed by atoms with Crippen molar-refractivity contribution in [3.63, 3.8) is 0 Å². The van der Waals surface area contributed by atoms with Crippen molar-refractivity contribution in [1.82, 2.24) is 10.6 Å². The molecule has 1 aliphatic rings. The fourth-order valence-corrected chi connectivity index (χ4v) is 2.05. The third-order valence-electron chi connectivity index (χ3n) is 3.15. The Balaban J connectivity index is 1.99. The van der Waals surface area contributed by atoms with Gasteiger partial charge in [-0.1, -0.05) is 0 Å². The molecule has 0 aromatic heterocycles. The molecule has 1 aliphatic heterocycles. The van der Waals surface area contributed by atoms with Crippen molar-refractivity contribution in [2.24, 2.45) is 0 Å². The molecule has 1 aromatic rings. The van der Waals surface area contributed by atoms with Crippen LogP contribution in [0.5, 0.6) is 0 Å². The Morgan fingerprint density at radius 1 is 1.16 bits per heavy atom. The molecule has 19 heavy (non-hydrogen) atoms. The highest BCUT2D eigenvalue weighted by Crippen LogP contribution is 2.29. The van der Waals surface area contributed by atoms with E-state index >= 15 is 0 Å². The monoisotopic (exact) mass is 272 g/mol. The third kappa shape index (κ3) is 3.70. The topological polar surface area (TPSA) is 41.1 Å². The minimum Gasteiger partial charge on any atom is -0.349 e. The second-order valence-electron chi connectivity index (χ2n) is 4.57. The minimum absolute atomic E-state index is 0.0936. The van der Waals surface area contributed by atoms with Gasteiger partial charge in [0.15, 0.2) is 0 Å². The SMILES string of the molecule is O=C(NC1CCNCC1)c1ccc(C(F)(F)F)cc1. The molecule has 0 atom stereocenters. The Morgan fingerprint density at radius 3 is 2.26 bits per heavy atom. The molecule has 2 N–H and O–H groups in total. The van der Waals surface area contributed by atoms with E-state index in [2.05, 4.69) is 10.6 Å². The van der Waals surface area contributed by atoms with Gasteiger partial charge in [-0.25, -0.2) is 0 Å². The molecule has 0 aliphatic carbocycles. The zero-order valence-electron chi connectivity index (χ0n) is 10.3. The van der Waals surface area contributed by atoms with Gasteiger partial charge in [-0.2, -0.15) is 13.2 Å². The molecule has 0 unspecified atom stereocenters. The summed E-state index contributed by atoms with van der Waals surface area (Å²) >= 11 is 0. The quantitative estimate of drug-likeness (QED) is 0.866. The molecule has 1 amide bonds. The standard InChI is InChI=1S/C13H15F3N2O/c14-13(15,16)10-3-1-9(2-4-10)12(19)18-11-5-7-17-8-6-11/h1-4,11,17H,5-8H2,(H,18,19). The molecule has 6 heteroatoms. The van der Waals surface area contributed by atoms with Gasteiger partial charge in [0.2, 0.25) is 0 Å². The minimum atomic E-state index is -4.37. The van der Waals surface area contributed by atoms with E-state index in [1.807, 2.05) is 0 Å². The Morgan fingerprint density at radius 2 is 1.74 bits per heavy atom. The third-order valence-corrected chi connectivity index (χ3v) is 3.15. The summed E-state index contributed by atoms with van der Waals surface area (Å²) in [7, 11) is 0. The summed E-state index contributed by atoms with van der Waals surface area (Å²) in [6, 6.07) is 4.36. The lowest BCUT2D eigenvalue weighted by molar-refractivity contribution is -0.137. The number of amides is 1. The van der Waals surface area contributed by atoms with E-state index < -0.39 is 11.7 Å². The van der Waals surface area contributed by atoms with Gasteiger partial charge in [-0.15, -0.1) is 0 Å². The van der Waals surface area contributed by atoms with E-state index in [-0.39, 0.29) is 17.5 Å². The van der Waals surface area contributed by atoms with E-state index in [0.717, 1.165) is 38.1 Å². The second kappa shape index (κ2) is 5.61. The number of halogens is 3. The van der Waals surface area contributed by atoms with Crippen LogP contribution < -0.4 is 10.6 Å². The van der Waals surface area contributed by atoms with Gasteiger partial charge >= 0.3 is 6.18 Å². The van der Waals surface area contributed by atoms with E-state index in [1.54, 1.807) is 0 Å². The highest BCUT2D eigenvalue weighted by atomic mass is 19.4. The summed E-state index contributed by atoms with van der Waals surface area (Å²) in [5.41, 5.74) is -0.488. The average Bonchev–Trinajstić information content (AvgIpc) is 2.39. The Kier molecular flexibility index (Phi) is 4.09. The van der Waals surface area contributed by atoms with Crippen molar-refractivity contribution < 1.29 is 18.0 Å². The van der Waals surface area contributed by atoms with Crippen LogP contribution in [0.1, 0.15) is 28.8 Å². The van der Waals surface area contributed by atoms with Crippen LogP contribution in [-0.2, 0) is 6.18 Å². The Hall–Kier alpha value is -1.56. The highest BCUT2D eigenvalue weighted by Gasteiger charge is 2.30. The zero-order chi connectivity index (χ0) is 13.9. The van der Waals surface area contributed by atoms with Crippen LogP contribution in [0.3, 0.4) is 0 Å². The number of alkyl halides is 3. The average molecular weight is 272 g/mol. The smallest absolute Gasteiger partial charge is 0.349 e. The number of hydrogen-bond acceptors (Lipinski definition) is 2. The lowest BCUT2D eigenvalue weighted by atomic mass is 10.1. The van der Waals surface area contributed by atoms with E-state index in [9.17, 15) is 18.0 Å². The largest absolute Gasteiger partial charge is 0.416 e. The van der Waals surface area contributed by atoms with Crippen LogP contribution in [0.25, 0.3) is 0 Å². The number of benzene rings is 1. The molecule has 1 fully saturated rings. The van der Waals surface area contributed by atoms with E-state index in [0.29, 0.717) is 0 Å². The molecule has 1 saturated heterocycles. The highest BCUT2D eigenvalue weighted by molar-refractivity contribution is 5.94. The fourth-order valence-electron chi connectivity index (χ4n) is 2.05. The van der Waals surface area contributed by atoms with Gasteiger partial charge in [0, 0.05) is 11.6 Å². The molecule has 3 nitrogen and oxygen atoms in total. The molecule has 0 bridgehead atoms. The Bertz CT molecular complexity index is 436. The molecular weight excluding hydrogens is 257 g/mol. The van der Waals surface area contributed by atoms with Gasteiger partial charge in [0.1, 0.15) is 0 Å². The molecule has 0 radical (unpaired) electrons. The van der Waals surface area contributed by atoms with Gasteiger partial charge in [0.25, 0.3) is 5.91 Å². The fraction of sp³-hybridized carbons (Fsp3) is 0.462. The summed E-state index contributed by atoms with van der Waals surface area (Å²) in [6.07, 6.45) is -2.69. The lowest BCUT2D eigenvalue weighted by Gasteiger charge is -2.23. The first kappa shape index (κ1) is 13.9. The van der Waals surface area contributed by atoms with Crippen molar-refractivity contribution in [1.29, 1.82) is 0 Å². The van der Waals surface area contributed by atoms with Crippen LogP contribution in [0, 0.1) is 0 Å². The van der Waals surface area contributed by atoms with Crippen molar-refractivity contribution in [2.45, 2.75) is 25.1 Å². The molecular formula is C13H15F3N2O. The zero-order valence-corrected chi connectivity index (χ0v) is 10.3. The predicted molar refractivity (Wildman–Crippen MR) is 64.8 cm³/mol. The molecule has 1 aromatic carbocycles. The maximum atomic E-state index is 12.4. The number of carbonyl (C=O) groups is 1. The number of carbonyl (C=O) groups excluding carboxylic acids is 1. The number of rotatable bonds is 2. The van der Waals surface area contributed by atoms with Crippen LogP contribution in [0.4, 0.5) is 13.2 Å². The van der Waals surface area contributed by atoms with E-state index in [1.165, 1.54) is 12.1 Å². The van der Waals surface area contributed by atoms with Crippen LogP contribution in [0.15, 0.2) is 24.3 Å². The van der Waals surface area contributed by atoms with Gasteiger partial charge in [-0.05, 0) is 50.2 Å². The van der Waals surface area contributed by atoms with E-state index in [4.69, 9.17) is 0 Å². The molecule has 104 valence electrons. The number of hydrogen-bond donors (Lipinski definition) is 2. The van der Waals surface area contributed by atoms with Gasteiger partial charge < -0.3 is 10.6 Å². The normalized spacial score (nSPS) is 17.2. The Labute approximate surface area is 109 Å². The summed E-state index contributed by atoms with van der Waals surface area (Å²) in [5.74, 6) is -0.319. The predicted octanol–water partition coefficient (Wildman–Crippen LogP) is 2.19. The first-order valence-electron chi connectivity index (χ1n) is 6.15. The first-order chi connectivity index (χ1) is 8.97. The van der Waals surface area contributed by atoms with Crippen LogP contribution in [0.2, 0.25) is 0 Å². The first-order valence-corrected chi connectivity index (χ1v) is 6.15. The van der Waals surface area contributed by atoms with Crippen molar-refractivity contribution in [3.8, 4) is 0 Å². The maximum absolute atomic E-state index is 12.4. The van der Waals surface area contributed by atoms with Crippen molar-refractivity contribution in [2.75, 3.05) is 13.1 Å². The maximum Gasteiger partial charge on any atom is 0.416 e. The number of piperidine rings is 1. The molecule has 2 rings (SSSR count). The van der Waals surface area contributed by atoms with Crippen molar-refractivity contribution >= 4 is 5.91 Å². The van der Waals surface area contributed by atoms with Crippen LogP contribution >= 0.6 is 0 Å².